The van der Waals surface area contributed by atoms with Gasteiger partial charge in [0.15, 0.2) is 0 Å². The highest BCUT2D eigenvalue weighted by Crippen LogP contribution is 2.50. The average Bonchev–Trinajstić information content (AvgIpc) is 3.23. The van der Waals surface area contributed by atoms with Gasteiger partial charge in [0, 0.05) is 30.7 Å². The third-order valence-corrected chi connectivity index (χ3v) is 6.35. The summed E-state index contributed by atoms with van der Waals surface area (Å²) >= 11 is 0. The van der Waals surface area contributed by atoms with E-state index in [9.17, 15) is 13.2 Å². The predicted octanol–water partition coefficient (Wildman–Crippen LogP) is 4.98. The summed E-state index contributed by atoms with van der Waals surface area (Å²) in [6.45, 7) is 6.49. The van der Waals surface area contributed by atoms with E-state index < -0.39 is 11.7 Å². The fourth-order valence-corrected chi connectivity index (χ4v) is 5.27. The number of anilines is 1. The van der Waals surface area contributed by atoms with E-state index in [0.717, 1.165) is 38.5 Å². The first kappa shape index (κ1) is 18.8. The number of benzene rings is 2. The van der Waals surface area contributed by atoms with Crippen LogP contribution in [0.25, 0.3) is 11.1 Å². The molecule has 0 saturated carbocycles. The summed E-state index contributed by atoms with van der Waals surface area (Å²) in [5, 5.41) is 3.46. The van der Waals surface area contributed by atoms with E-state index in [0.29, 0.717) is 17.5 Å². The van der Waals surface area contributed by atoms with E-state index in [4.69, 9.17) is 4.74 Å². The minimum atomic E-state index is -4.44. The Bertz CT molecular complexity index is 954. The molecule has 5 rings (SSSR count). The average molecular weight is 402 g/mol. The van der Waals surface area contributed by atoms with Gasteiger partial charge in [0.1, 0.15) is 5.75 Å². The Morgan fingerprint density at radius 3 is 2.76 bits per heavy atom. The summed E-state index contributed by atoms with van der Waals surface area (Å²) in [5.74, 6) is 0.611. The molecule has 3 aliphatic rings. The Balaban J connectivity index is 1.63. The minimum Gasteiger partial charge on any atom is -0.491 e. The Labute approximate surface area is 168 Å². The molecular formula is C23H25F3N2O. The zero-order chi connectivity index (χ0) is 20.3. The van der Waals surface area contributed by atoms with Crippen molar-refractivity contribution >= 4 is 5.69 Å². The quantitative estimate of drug-likeness (QED) is 0.784. The van der Waals surface area contributed by atoms with Crippen molar-refractivity contribution in [2.24, 2.45) is 0 Å². The molecule has 0 aliphatic carbocycles. The van der Waals surface area contributed by atoms with Gasteiger partial charge in [-0.15, -0.1) is 0 Å². The maximum Gasteiger partial charge on any atom is 0.417 e. The number of hydrogen-bond acceptors (Lipinski definition) is 3. The Kier molecular flexibility index (Phi) is 4.32. The van der Waals surface area contributed by atoms with E-state index in [1.54, 1.807) is 12.1 Å². The van der Waals surface area contributed by atoms with E-state index in [2.05, 4.69) is 10.2 Å². The standard InChI is InChI=1S/C23H25F3N2O/c1-13(2)29-16-3-4-17(20(11-16)23(24,25)26)15-9-14-6-8-28-21-5-7-27-12-19(21)18(10-15)22(14)28/h3-4,9-11,13,19,21,27H,5-8,12H2,1-2H3/t19-,21-/m0/s1. The molecule has 1 saturated heterocycles. The molecule has 6 heteroatoms. The molecule has 2 atom stereocenters. The SMILES string of the molecule is CC(C)Oc1ccc(-c2cc3c4c(c2)[C@@H]2CNCC[C@@H]2N4CC3)c(C(F)(F)F)c1. The molecule has 1 fully saturated rings. The van der Waals surface area contributed by atoms with Crippen LogP contribution in [0, 0.1) is 0 Å². The van der Waals surface area contributed by atoms with Gasteiger partial charge in [-0.3, -0.25) is 0 Å². The van der Waals surface area contributed by atoms with Crippen LogP contribution in [0.3, 0.4) is 0 Å². The summed E-state index contributed by atoms with van der Waals surface area (Å²) in [6.07, 6.45) is -2.62. The van der Waals surface area contributed by atoms with Gasteiger partial charge in [-0.2, -0.15) is 13.2 Å². The molecule has 154 valence electrons. The van der Waals surface area contributed by atoms with Crippen LogP contribution < -0.4 is 15.0 Å². The van der Waals surface area contributed by atoms with Gasteiger partial charge in [-0.05, 0) is 79.8 Å². The maximum atomic E-state index is 13.9. The third kappa shape index (κ3) is 3.08. The van der Waals surface area contributed by atoms with Gasteiger partial charge in [0.2, 0.25) is 0 Å². The molecule has 1 N–H and O–H groups in total. The zero-order valence-corrected chi connectivity index (χ0v) is 16.6. The van der Waals surface area contributed by atoms with E-state index >= 15 is 0 Å². The first-order chi connectivity index (χ1) is 13.8. The van der Waals surface area contributed by atoms with Crippen LogP contribution in [0.4, 0.5) is 18.9 Å². The smallest absolute Gasteiger partial charge is 0.417 e. The van der Waals surface area contributed by atoms with Crippen molar-refractivity contribution < 1.29 is 17.9 Å². The van der Waals surface area contributed by atoms with Crippen LogP contribution in [0.2, 0.25) is 0 Å². The second-order valence-electron chi connectivity index (χ2n) is 8.55. The van der Waals surface area contributed by atoms with Gasteiger partial charge in [0.25, 0.3) is 0 Å². The van der Waals surface area contributed by atoms with E-state index in [1.807, 2.05) is 26.0 Å². The van der Waals surface area contributed by atoms with Gasteiger partial charge in [0.05, 0.1) is 11.7 Å². The number of alkyl halides is 3. The lowest BCUT2D eigenvalue weighted by molar-refractivity contribution is -0.137. The molecule has 3 aliphatic heterocycles. The normalized spacial score (nSPS) is 22.8. The number of halogens is 3. The van der Waals surface area contributed by atoms with Crippen LogP contribution >= 0.6 is 0 Å². The summed E-state index contributed by atoms with van der Waals surface area (Å²) in [7, 11) is 0. The van der Waals surface area contributed by atoms with E-state index in [1.165, 1.54) is 16.8 Å². The molecular weight excluding hydrogens is 377 g/mol. The van der Waals surface area contributed by atoms with Crippen molar-refractivity contribution in [3.05, 3.63) is 47.0 Å². The van der Waals surface area contributed by atoms with Crippen molar-refractivity contribution in [2.75, 3.05) is 24.5 Å². The summed E-state index contributed by atoms with van der Waals surface area (Å²) in [6, 6.07) is 8.80. The lowest BCUT2D eigenvalue weighted by atomic mass is 9.86. The number of hydrogen-bond donors (Lipinski definition) is 1. The van der Waals surface area contributed by atoms with Gasteiger partial charge < -0.3 is 15.0 Å². The van der Waals surface area contributed by atoms with Crippen LogP contribution in [-0.4, -0.2) is 31.8 Å². The Hall–Kier alpha value is -2.21. The summed E-state index contributed by atoms with van der Waals surface area (Å²) in [4.78, 5) is 2.49. The number of nitrogens with zero attached hydrogens (tertiary/aromatic N) is 1. The Morgan fingerprint density at radius 2 is 2.00 bits per heavy atom. The number of fused-ring (bicyclic) bond motifs is 3. The van der Waals surface area contributed by atoms with Crippen molar-refractivity contribution in [2.45, 2.75) is 50.9 Å². The lowest BCUT2D eigenvalue weighted by Crippen LogP contribution is -2.43. The number of nitrogens with one attached hydrogen (secondary N) is 1. The molecule has 0 aromatic heterocycles. The largest absolute Gasteiger partial charge is 0.491 e. The van der Waals surface area contributed by atoms with Crippen LogP contribution in [0.1, 0.15) is 42.9 Å². The fraction of sp³-hybridized carbons (Fsp3) is 0.478. The zero-order valence-electron chi connectivity index (χ0n) is 16.6. The summed E-state index contributed by atoms with van der Waals surface area (Å²) in [5.41, 5.74) is 3.94. The Morgan fingerprint density at radius 1 is 1.17 bits per heavy atom. The van der Waals surface area contributed by atoms with Crippen LogP contribution in [0.15, 0.2) is 30.3 Å². The van der Waals surface area contributed by atoms with Crippen LogP contribution in [-0.2, 0) is 12.6 Å². The molecule has 0 bridgehead atoms. The van der Waals surface area contributed by atoms with Gasteiger partial charge in [-0.1, -0.05) is 6.07 Å². The number of rotatable bonds is 3. The summed E-state index contributed by atoms with van der Waals surface area (Å²) < 4.78 is 47.3. The molecule has 3 nitrogen and oxygen atoms in total. The molecule has 29 heavy (non-hydrogen) atoms. The van der Waals surface area contributed by atoms with Crippen molar-refractivity contribution in [3.8, 4) is 16.9 Å². The minimum absolute atomic E-state index is 0.177. The molecule has 0 radical (unpaired) electrons. The first-order valence-corrected chi connectivity index (χ1v) is 10.4. The highest BCUT2D eigenvalue weighted by Gasteiger charge is 2.44. The highest BCUT2D eigenvalue weighted by molar-refractivity contribution is 5.79. The fourth-order valence-electron chi connectivity index (χ4n) is 5.27. The molecule has 2 aromatic rings. The highest BCUT2D eigenvalue weighted by atomic mass is 19.4. The molecule has 2 aromatic carbocycles. The lowest BCUT2D eigenvalue weighted by Gasteiger charge is -2.32. The van der Waals surface area contributed by atoms with E-state index in [-0.39, 0.29) is 17.4 Å². The van der Waals surface area contributed by atoms with Gasteiger partial charge in [-0.25, -0.2) is 0 Å². The van der Waals surface area contributed by atoms with Crippen molar-refractivity contribution in [1.29, 1.82) is 0 Å². The van der Waals surface area contributed by atoms with Gasteiger partial charge >= 0.3 is 6.18 Å². The first-order valence-electron chi connectivity index (χ1n) is 10.4. The molecule has 3 heterocycles. The number of ether oxygens (including phenoxy) is 1. The topological polar surface area (TPSA) is 24.5 Å². The second kappa shape index (κ2) is 6.66. The second-order valence-corrected chi connectivity index (χ2v) is 8.55. The van der Waals surface area contributed by atoms with Crippen molar-refractivity contribution in [1.82, 2.24) is 5.32 Å². The van der Waals surface area contributed by atoms with Crippen molar-refractivity contribution in [3.63, 3.8) is 0 Å². The molecule has 0 spiro atoms. The molecule has 0 unspecified atom stereocenters. The van der Waals surface area contributed by atoms with Crippen LogP contribution in [0.5, 0.6) is 5.75 Å². The number of piperidine rings is 1. The monoisotopic (exact) mass is 402 g/mol. The third-order valence-electron chi connectivity index (χ3n) is 6.35. The maximum absolute atomic E-state index is 13.9. The molecule has 0 amide bonds. The predicted molar refractivity (Wildman–Crippen MR) is 108 cm³/mol.